The van der Waals surface area contributed by atoms with E-state index in [-0.39, 0.29) is 0 Å². The van der Waals surface area contributed by atoms with E-state index >= 15 is 0 Å². The predicted molar refractivity (Wildman–Crippen MR) is 31.8 cm³/mol. The summed E-state index contributed by atoms with van der Waals surface area (Å²) >= 11 is 0. The summed E-state index contributed by atoms with van der Waals surface area (Å²) in [6.45, 7) is 1.16. The van der Waals surface area contributed by atoms with Gasteiger partial charge in [0.1, 0.15) is 0 Å². The van der Waals surface area contributed by atoms with Gasteiger partial charge < -0.3 is 9.47 Å². The maximum Gasteiger partial charge on any atom is 0.362 e. The highest BCUT2D eigenvalue weighted by atomic mass is 16.6. The molecule has 0 radical (unpaired) electrons. The lowest BCUT2D eigenvalue weighted by atomic mass is 10.6. The van der Waals surface area contributed by atoms with E-state index in [2.05, 4.69) is 9.47 Å². The fourth-order valence-electron chi connectivity index (χ4n) is 0.343. The van der Waals surface area contributed by atoms with Gasteiger partial charge in [0.2, 0.25) is 6.23 Å². The van der Waals surface area contributed by atoms with Crippen LogP contribution in [0.1, 0.15) is 6.92 Å². The fourth-order valence-corrected chi connectivity index (χ4v) is 0.343. The van der Waals surface area contributed by atoms with Crippen molar-refractivity contribution in [2.75, 3.05) is 7.11 Å². The second-order valence-corrected chi connectivity index (χ2v) is 1.55. The minimum atomic E-state index is -1.30. The molecule has 2 N–H and O–H groups in total. The molecule has 0 saturated heterocycles. The van der Waals surface area contributed by atoms with E-state index in [1.54, 1.807) is 0 Å². The van der Waals surface area contributed by atoms with Gasteiger partial charge in [0, 0.05) is 6.92 Å². The summed E-state index contributed by atoms with van der Waals surface area (Å²) in [7, 11) is 1.16. The van der Waals surface area contributed by atoms with Gasteiger partial charge in [-0.15, -0.1) is 0 Å². The Hall–Kier alpha value is -1.10. The number of esters is 2. The first-order valence-electron chi connectivity index (χ1n) is 2.58. The number of rotatable bonds is 2. The SMILES string of the molecule is COC(=O)C(N)OC(C)=O. The van der Waals surface area contributed by atoms with E-state index in [0.717, 1.165) is 14.0 Å². The van der Waals surface area contributed by atoms with Gasteiger partial charge >= 0.3 is 11.9 Å². The zero-order chi connectivity index (χ0) is 8.15. The second-order valence-electron chi connectivity index (χ2n) is 1.55. The molecule has 5 nitrogen and oxygen atoms in total. The van der Waals surface area contributed by atoms with Gasteiger partial charge in [-0.3, -0.25) is 10.5 Å². The van der Waals surface area contributed by atoms with Crippen LogP contribution in [0.5, 0.6) is 0 Å². The summed E-state index contributed by atoms with van der Waals surface area (Å²) in [5, 5.41) is 0. The lowest BCUT2D eigenvalue weighted by molar-refractivity contribution is -0.164. The van der Waals surface area contributed by atoms with Crippen molar-refractivity contribution in [3.8, 4) is 0 Å². The molecular weight excluding hydrogens is 138 g/mol. The first-order valence-corrected chi connectivity index (χ1v) is 2.58. The molecule has 0 aromatic heterocycles. The Kier molecular flexibility index (Phi) is 3.42. The van der Waals surface area contributed by atoms with Crippen molar-refractivity contribution in [2.45, 2.75) is 13.2 Å². The van der Waals surface area contributed by atoms with Crippen molar-refractivity contribution < 1.29 is 19.1 Å². The van der Waals surface area contributed by atoms with Gasteiger partial charge in [-0.05, 0) is 0 Å². The van der Waals surface area contributed by atoms with Crippen molar-refractivity contribution in [1.82, 2.24) is 0 Å². The van der Waals surface area contributed by atoms with Crippen molar-refractivity contribution in [2.24, 2.45) is 5.73 Å². The number of hydrogen-bond acceptors (Lipinski definition) is 5. The lowest BCUT2D eigenvalue weighted by Gasteiger charge is -2.07. The predicted octanol–water partition coefficient (Wildman–Crippen LogP) is -0.993. The zero-order valence-corrected chi connectivity index (χ0v) is 5.79. The molecule has 0 fully saturated rings. The number of hydrogen-bond donors (Lipinski definition) is 1. The third kappa shape index (κ3) is 3.03. The summed E-state index contributed by atoms with van der Waals surface area (Å²) in [6, 6.07) is 0. The van der Waals surface area contributed by atoms with E-state index in [4.69, 9.17) is 5.73 Å². The van der Waals surface area contributed by atoms with Crippen LogP contribution in [0.15, 0.2) is 0 Å². The van der Waals surface area contributed by atoms with Crippen LogP contribution in [0.25, 0.3) is 0 Å². The Labute approximate surface area is 58.1 Å². The molecule has 0 saturated carbocycles. The molecule has 0 spiro atoms. The van der Waals surface area contributed by atoms with Crippen LogP contribution in [0, 0.1) is 0 Å². The number of ether oxygens (including phenoxy) is 2. The molecule has 0 aliphatic rings. The van der Waals surface area contributed by atoms with Crippen LogP contribution in [-0.4, -0.2) is 25.3 Å². The Morgan fingerprint density at radius 3 is 2.30 bits per heavy atom. The average molecular weight is 147 g/mol. The third-order valence-corrected chi connectivity index (χ3v) is 0.726. The summed E-state index contributed by atoms with van der Waals surface area (Å²) in [5.41, 5.74) is 5.01. The van der Waals surface area contributed by atoms with E-state index in [0.29, 0.717) is 0 Å². The van der Waals surface area contributed by atoms with Gasteiger partial charge in [0.15, 0.2) is 0 Å². The van der Waals surface area contributed by atoms with E-state index < -0.39 is 18.2 Å². The summed E-state index contributed by atoms with van der Waals surface area (Å²) in [5.74, 6) is -1.38. The van der Waals surface area contributed by atoms with Crippen molar-refractivity contribution in [3.05, 3.63) is 0 Å². The minimum Gasteiger partial charge on any atom is -0.465 e. The zero-order valence-electron chi connectivity index (χ0n) is 5.79. The van der Waals surface area contributed by atoms with E-state index in [1.807, 2.05) is 0 Å². The normalized spacial score (nSPS) is 11.9. The average Bonchev–Trinajstić information content (AvgIpc) is 1.85. The summed E-state index contributed by atoms with van der Waals surface area (Å²) < 4.78 is 8.44. The largest absolute Gasteiger partial charge is 0.465 e. The first-order chi connectivity index (χ1) is 4.57. The van der Waals surface area contributed by atoms with Crippen molar-refractivity contribution in [3.63, 3.8) is 0 Å². The molecule has 10 heavy (non-hydrogen) atoms. The van der Waals surface area contributed by atoms with Crippen molar-refractivity contribution in [1.29, 1.82) is 0 Å². The number of carbonyl (C=O) groups is 2. The highest BCUT2D eigenvalue weighted by molar-refractivity contribution is 5.77. The minimum absolute atomic E-state index is 0.613. The standard InChI is InChI=1S/C5H9NO4/c1-3(7)10-4(6)5(8)9-2/h4H,6H2,1-2H3. The molecule has 58 valence electrons. The number of nitrogens with two attached hydrogens (primary N) is 1. The molecule has 0 bridgehead atoms. The second kappa shape index (κ2) is 3.84. The molecule has 5 heteroatoms. The monoisotopic (exact) mass is 147 g/mol. The van der Waals surface area contributed by atoms with Crippen LogP contribution >= 0.6 is 0 Å². The highest BCUT2D eigenvalue weighted by Crippen LogP contribution is 1.86. The molecular formula is C5H9NO4. The quantitative estimate of drug-likeness (QED) is 0.400. The van der Waals surface area contributed by atoms with Crippen LogP contribution in [0.3, 0.4) is 0 Å². The summed E-state index contributed by atoms with van der Waals surface area (Å²) in [6.07, 6.45) is -1.30. The van der Waals surface area contributed by atoms with Gasteiger partial charge in [0.25, 0.3) is 0 Å². The smallest absolute Gasteiger partial charge is 0.362 e. The molecule has 0 aliphatic heterocycles. The Morgan fingerprint density at radius 1 is 1.50 bits per heavy atom. The van der Waals surface area contributed by atoms with Gasteiger partial charge in [0.05, 0.1) is 7.11 Å². The maximum absolute atomic E-state index is 10.4. The topological polar surface area (TPSA) is 78.6 Å². The highest BCUT2D eigenvalue weighted by Gasteiger charge is 2.15. The Bertz CT molecular complexity index is 145. The number of methoxy groups -OCH3 is 1. The molecule has 0 aromatic rings. The number of carbonyl (C=O) groups excluding carboxylic acids is 2. The molecule has 0 heterocycles. The third-order valence-electron chi connectivity index (χ3n) is 0.726. The van der Waals surface area contributed by atoms with E-state index in [1.165, 1.54) is 0 Å². The Morgan fingerprint density at radius 2 is 2.00 bits per heavy atom. The maximum atomic E-state index is 10.4. The molecule has 0 amide bonds. The van der Waals surface area contributed by atoms with Gasteiger partial charge in [-0.25, -0.2) is 4.79 Å². The molecule has 0 rings (SSSR count). The molecule has 1 unspecified atom stereocenters. The van der Waals surface area contributed by atoms with Crippen LogP contribution in [0.2, 0.25) is 0 Å². The Balaban J connectivity index is 3.72. The first kappa shape index (κ1) is 8.90. The van der Waals surface area contributed by atoms with Crippen LogP contribution < -0.4 is 5.73 Å². The molecule has 0 aromatic carbocycles. The van der Waals surface area contributed by atoms with Crippen LogP contribution in [-0.2, 0) is 19.1 Å². The molecule has 1 atom stereocenters. The van der Waals surface area contributed by atoms with Gasteiger partial charge in [-0.1, -0.05) is 0 Å². The fraction of sp³-hybridized carbons (Fsp3) is 0.600. The van der Waals surface area contributed by atoms with E-state index in [9.17, 15) is 9.59 Å². The van der Waals surface area contributed by atoms with Gasteiger partial charge in [-0.2, -0.15) is 0 Å². The van der Waals surface area contributed by atoms with Crippen molar-refractivity contribution >= 4 is 11.9 Å². The summed E-state index contributed by atoms with van der Waals surface area (Å²) in [4.78, 5) is 20.6. The van der Waals surface area contributed by atoms with Crippen LogP contribution in [0.4, 0.5) is 0 Å². The lowest BCUT2D eigenvalue weighted by Crippen LogP contribution is -2.35. The molecule has 0 aliphatic carbocycles.